The van der Waals surface area contributed by atoms with Gasteiger partial charge in [-0.3, -0.25) is 10.1 Å². The molecule has 0 aliphatic carbocycles. The number of nitro benzene ring substituents is 1. The minimum atomic E-state index is -0.442. The summed E-state index contributed by atoms with van der Waals surface area (Å²) in [6.07, 6.45) is 0. The first-order chi connectivity index (χ1) is 8.49. The van der Waals surface area contributed by atoms with E-state index in [1.807, 2.05) is 0 Å². The topological polar surface area (TPSA) is 64.4 Å². The highest BCUT2D eigenvalue weighted by Gasteiger charge is 2.06. The van der Waals surface area contributed by atoms with Gasteiger partial charge in [-0.2, -0.15) is 0 Å². The molecule has 0 fully saturated rings. The van der Waals surface area contributed by atoms with E-state index in [2.05, 4.69) is 25.7 Å². The van der Waals surface area contributed by atoms with Crippen molar-refractivity contribution >= 4 is 5.69 Å². The molecule has 5 heteroatoms. The number of rotatable bonds is 7. The fourth-order valence-electron chi connectivity index (χ4n) is 1.27. The third-order valence-electron chi connectivity index (χ3n) is 2.23. The van der Waals surface area contributed by atoms with Crippen LogP contribution in [0.15, 0.2) is 36.4 Å². The second-order valence-electron chi connectivity index (χ2n) is 4.33. The molecule has 0 aliphatic rings. The van der Waals surface area contributed by atoms with E-state index in [0.717, 1.165) is 5.57 Å². The monoisotopic (exact) mass is 250 g/mol. The maximum atomic E-state index is 10.6. The molecule has 5 nitrogen and oxygen atoms in total. The molecular formula is C13H18N2O3. The number of non-ortho nitro benzene ring substituents is 1. The van der Waals surface area contributed by atoms with Gasteiger partial charge >= 0.3 is 0 Å². The Hall–Kier alpha value is -1.88. The number of hydrogen-bond acceptors (Lipinski definition) is 4. The molecule has 98 valence electrons. The van der Waals surface area contributed by atoms with Crippen LogP contribution in [0.2, 0.25) is 0 Å². The van der Waals surface area contributed by atoms with Gasteiger partial charge < -0.3 is 10.1 Å². The van der Waals surface area contributed by atoms with Crippen molar-refractivity contribution in [1.82, 2.24) is 5.32 Å². The molecule has 0 heterocycles. The average Bonchev–Trinajstić information content (AvgIpc) is 2.34. The number of benzene rings is 1. The highest BCUT2D eigenvalue weighted by atomic mass is 16.6. The quantitative estimate of drug-likeness (QED) is 0.459. The van der Waals surface area contributed by atoms with Crippen LogP contribution in [0.3, 0.4) is 0 Å². The van der Waals surface area contributed by atoms with Gasteiger partial charge in [0.25, 0.3) is 5.69 Å². The largest absolute Gasteiger partial charge is 0.489 e. The number of nitrogens with one attached hydrogen (secondary N) is 1. The lowest BCUT2D eigenvalue weighted by molar-refractivity contribution is -0.384. The normalized spacial score (nSPS) is 10.4. The lowest BCUT2D eigenvalue weighted by Gasteiger charge is -2.11. The molecule has 0 radical (unpaired) electrons. The molecule has 1 N–H and O–H groups in total. The predicted molar refractivity (Wildman–Crippen MR) is 70.9 cm³/mol. The van der Waals surface area contributed by atoms with Crippen LogP contribution in [0.25, 0.3) is 0 Å². The second-order valence-corrected chi connectivity index (χ2v) is 4.33. The zero-order valence-corrected chi connectivity index (χ0v) is 10.7. The van der Waals surface area contributed by atoms with Gasteiger partial charge in [-0.15, -0.1) is 0 Å². The number of hydrogen-bond donors (Lipinski definition) is 1. The van der Waals surface area contributed by atoms with Gasteiger partial charge in [-0.1, -0.05) is 26.5 Å². The summed E-state index contributed by atoms with van der Waals surface area (Å²) in [5.41, 5.74) is 0.925. The van der Waals surface area contributed by atoms with E-state index >= 15 is 0 Å². The Morgan fingerprint density at radius 3 is 2.89 bits per heavy atom. The first-order valence-corrected chi connectivity index (χ1v) is 5.76. The molecule has 0 saturated heterocycles. The third kappa shape index (κ3) is 4.97. The van der Waals surface area contributed by atoms with Crippen molar-refractivity contribution in [2.24, 2.45) is 0 Å². The summed E-state index contributed by atoms with van der Waals surface area (Å²) < 4.78 is 5.45. The van der Waals surface area contributed by atoms with Crippen LogP contribution >= 0.6 is 0 Å². The molecule has 1 aromatic rings. The van der Waals surface area contributed by atoms with Crippen molar-refractivity contribution in [1.29, 1.82) is 0 Å². The van der Waals surface area contributed by atoms with E-state index in [4.69, 9.17) is 4.74 Å². The number of nitro groups is 1. The smallest absolute Gasteiger partial charge is 0.273 e. The highest BCUT2D eigenvalue weighted by molar-refractivity contribution is 5.38. The second kappa shape index (κ2) is 6.76. The molecule has 0 atom stereocenters. The van der Waals surface area contributed by atoms with Crippen LogP contribution in [0.4, 0.5) is 5.69 Å². The van der Waals surface area contributed by atoms with Gasteiger partial charge in [0.05, 0.1) is 11.0 Å². The fraction of sp³-hybridized carbons (Fsp3) is 0.385. The van der Waals surface area contributed by atoms with Crippen molar-refractivity contribution < 1.29 is 9.66 Å². The highest BCUT2D eigenvalue weighted by Crippen LogP contribution is 2.19. The molecule has 0 saturated carbocycles. The van der Waals surface area contributed by atoms with Crippen LogP contribution in [0.1, 0.15) is 13.8 Å². The van der Waals surface area contributed by atoms with E-state index in [0.29, 0.717) is 24.9 Å². The van der Waals surface area contributed by atoms with Gasteiger partial charge in [-0.05, 0) is 11.6 Å². The standard InChI is InChI=1S/C13H18N2O3/c1-10(2)14-8-11(3)9-18-13-6-4-5-12(7-13)15(16)17/h4-7,10,14H,3,8-9H2,1-2H3. The SMILES string of the molecule is C=C(CNC(C)C)COc1cccc([N+](=O)[O-])c1. The summed E-state index contributed by atoms with van der Waals surface area (Å²) in [5.74, 6) is 0.481. The van der Waals surface area contributed by atoms with Crippen molar-refractivity contribution in [3.8, 4) is 5.75 Å². The van der Waals surface area contributed by atoms with Crippen LogP contribution in [-0.2, 0) is 0 Å². The lowest BCUT2D eigenvalue weighted by Crippen LogP contribution is -2.26. The molecule has 18 heavy (non-hydrogen) atoms. The summed E-state index contributed by atoms with van der Waals surface area (Å²) in [6, 6.07) is 6.52. The first-order valence-electron chi connectivity index (χ1n) is 5.76. The van der Waals surface area contributed by atoms with Crippen LogP contribution < -0.4 is 10.1 Å². The molecule has 1 rings (SSSR count). The number of ether oxygens (including phenoxy) is 1. The minimum Gasteiger partial charge on any atom is -0.489 e. The third-order valence-corrected chi connectivity index (χ3v) is 2.23. The van der Waals surface area contributed by atoms with E-state index in [1.165, 1.54) is 12.1 Å². The van der Waals surface area contributed by atoms with Gasteiger partial charge in [0.15, 0.2) is 0 Å². The van der Waals surface area contributed by atoms with Gasteiger partial charge in [0, 0.05) is 18.7 Å². The molecule has 0 aromatic heterocycles. The molecule has 1 aromatic carbocycles. The van der Waals surface area contributed by atoms with E-state index < -0.39 is 4.92 Å². The molecule has 0 bridgehead atoms. The van der Waals surface area contributed by atoms with Crippen molar-refractivity contribution in [3.05, 3.63) is 46.5 Å². The predicted octanol–water partition coefficient (Wildman–Crippen LogP) is 2.53. The van der Waals surface area contributed by atoms with Crippen molar-refractivity contribution in [3.63, 3.8) is 0 Å². The maximum Gasteiger partial charge on any atom is 0.273 e. The molecule has 0 aliphatic heterocycles. The Morgan fingerprint density at radius 2 is 2.28 bits per heavy atom. The molecule has 0 unspecified atom stereocenters. The summed E-state index contributed by atoms with van der Waals surface area (Å²) in [4.78, 5) is 10.1. The summed E-state index contributed by atoms with van der Waals surface area (Å²) >= 11 is 0. The van der Waals surface area contributed by atoms with E-state index in [1.54, 1.807) is 12.1 Å². The Balaban J connectivity index is 2.46. The Kier molecular flexibility index (Phi) is 5.32. The van der Waals surface area contributed by atoms with Crippen LogP contribution in [0.5, 0.6) is 5.75 Å². The summed E-state index contributed by atoms with van der Waals surface area (Å²) in [7, 11) is 0. The zero-order valence-electron chi connectivity index (χ0n) is 10.7. The Labute approximate surface area is 107 Å². The van der Waals surface area contributed by atoms with Crippen LogP contribution in [-0.4, -0.2) is 24.1 Å². The zero-order chi connectivity index (χ0) is 13.5. The van der Waals surface area contributed by atoms with E-state index in [9.17, 15) is 10.1 Å². The van der Waals surface area contributed by atoms with Gasteiger partial charge in [0.2, 0.25) is 0 Å². The summed E-state index contributed by atoms with van der Waals surface area (Å²) in [5, 5.41) is 13.8. The number of nitrogens with zero attached hydrogens (tertiary/aromatic N) is 1. The molecular weight excluding hydrogens is 232 g/mol. The maximum absolute atomic E-state index is 10.6. The Morgan fingerprint density at radius 1 is 1.56 bits per heavy atom. The fourth-order valence-corrected chi connectivity index (χ4v) is 1.27. The molecule has 0 spiro atoms. The van der Waals surface area contributed by atoms with E-state index in [-0.39, 0.29) is 5.69 Å². The lowest BCUT2D eigenvalue weighted by atomic mass is 10.3. The van der Waals surface area contributed by atoms with Crippen LogP contribution in [0, 0.1) is 10.1 Å². The average molecular weight is 250 g/mol. The van der Waals surface area contributed by atoms with Gasteiger partial charge in [0.1, 0.15) is 12.4 Å². The Bertz CT molecular complexity index is 430. The molecule has 0 amide bonds. The minimum absolute atomic E-state index is 0.0263. The van der Waals surface area contributed by atoms with Crippen molar-refractivity contribution in [2.75, 3.05) is 13.2 Å². The van der Waals surface area contributed by atoms with Gasteiger partial charge in [-0.25, -0.2) is 0 Å². The van der Waals surface area contributed by atoms with Crippen molar-refractivity contribution in [2.45, 2.75) is 19.9 Å². The summed E-state index contributed by atoms with van der Waals surface area (Å²) in [6.45, 7) is 9.00. The first kappa shape index (κ1) is 14.2.